The second kappa shape index (κ2) is 6.06. The quantitative estimate of drug-likeness (QED) is 0.905. The summed E-state index contributed by atoms with van der Waals surface area (Å²) < 4.78 is 0. The third kappa shape index (κ3) is 2.95. The first-order valence-corrected chi connectivity index (χ1v) is 7.25. The maximum atomic E-state index is 12.2. The van der Waals surface area contributed by atoms with Crippen molar-refractivity contribution in [3.63, 3.8) is 0 Å². The van der Waals surface area contributed by atoms with Gasteiger partial charge in [0.2, 0.25) is 0 Å². The van der Waals surface area contributed by atoms with E-state index in [1.807, 2.05) is 19.1 Å². The topological polar surface area (TPSA) is 54.0 Å². The Kier molecular flexibility index (Phi) is 3.97. The molecular formula is C17H19N3O. The Morgan fingerprint density at radius 2 is 2.24 bits per heavy atom. The molecule has 0 fully saturated rings. The minimum absolute atomic E-state index is 0.0644. The third-order valence-corrected chi connectivity index (χ3v) is 3.97. The predicted octanol–water partition coefficient (Wildman–Crippen LogP) is 2.01. The van der Waals surface area contributed by atoms with Crippen LogP contribution in [0.3, 0.4) is 0 Å². The molecule has 1 aliphatic rings. The molecular weight excluding hydrogens is 262 g/mol. The zero-order chi connectivity index (χ0) is 14.7. The summed E-state index contributed by atoms with van der Waals surface area (Å²) in [6.45, 7) is 3.46. The number of nitrogens with zero attached hydrogens (tertiary/aromatic N) is 1. The molecule has 108 valence electrons. The third-order valence-electron chi connectivity index (χ3n) is 3.97. The highest BCUT2D eigenvalue weighted by Crippen LogP contribution is 2.21. The number of aryl methyl sites for hydroxylation is 1. The van der Waals surface area contributed by atoms with Crippen LogP contribution in [0, 0.1) is 6.92 Å². The monoisotopic (exact) mass is 281 g/mol. The molecule has 1 amide bonds. The van der Waals surface area contributed by atoms with E-state index in [4.69, 9.17) is 0 Å². The molecule has 4 heteroatoms. The van der Waals surface area contributed by atoms with Crippen LogP contribution >= 0.6 is 0 Å². The molecule has 0 spiro atoms. The highest BCUT2D eigenvalue weighted by atomic mass is 16.1. The molecule has 1 aromatic carbocycles. The first-order chi connectivity index (χ1) is 10.3. The number of pyridine rings is 1. The minimum Gasteiger partial charge on any atom is -0.350 e. The minimum atomic E-state index is -0.0644. The van der Waals surface area contributed by atoms with Gasteiger partial charge in [0, 0.05) is 25.0 Å². The van der Waals surface area contributed by atoms with E-state index < -0.39 is 0 Å². The lowest BCUT2D eigenvalue weighted by atomic mass is 9.94. The largest absolute Gasteiger partial charge is 0.350 e. The van der Waals surface area contributed by atoms with E-state index in [0.717, 1.165) is 18.5 Å². The zero-order valence-corrected chi connectivity index (χ0v) is 12.1. The number of nitrogens with one attached hydrogen (secondary N) is 2. The molecule has 0 saturated heterocycles. The number of aromatic nitrogens is 1. The van der Waals surface area contributed by atoms with Gasteiger partial charge in [-0.25, -0.2) is 0 Å². The van der Waals surface area contributed by atoms with Gasteiger partial charge in [0.15, 0.2) is 0 Å². The van der Waals surface area contributed by atoms with Crippen molar-refractivity contribution in [2.75, 3.05) is 13.1 Å². The summed E-state index contributed by atoms with van der Waals surface area (Å²) in [5.74, 6) is -0.0644. The van der Waals surface area contributed by atoms with Crippen molar-refractivity contribution in [3.8, 4) is 0 Å². The van der Waals surface area contributed by atoms with Crippen molar-refractivity contribution in [1.29, 1.82) is 0 Å². The lowest BCUT2D eigenvalue weighted by molar-refractivity contribution is 0.0948. The number of hydrogen-bond donors (Lipinski definition) is 2. The molecule has 1 aromatic heterocycles. The van der Waals surface area contributed by atoms with Crippen LogP contribution in [0.15, 0.2) is 42.7 Å². The van der Waals surface area contributed by atoms with Crippen molar-refractivity contribution < 1.29 is 4.79 Å². The van der Waals surface area contributed by atoms with E-state index in [2.05, 4.69) is 33.8 Å². The molecule has 4 nitrogen and oxygen atoms in total. The molecule has 0 radical (unpaired) electrons. The Balaban J connectivity index is 1.69. The number of carbonyl (C=O) groups excluding carboxylic acids is 1. The summed E-state index contributed by atoms with van der Waals surface area (Å²) in [5.41, 5.74) is 4.24. The van der Waals surface area contributed by atoms with E-state index in [0.29, 0.717) is 12.1 Å². The molecule has 2 N–H and O–H groups in total. The molecule has 1 unspecified atom stereocenters. The standard InChI is InChI=1S/C17H19N3O/c1-12-6-8-18-10-15(12)17(21)20-11-16-14-5-3-2-4-13(14)7-9-19-16/h2-6,8,10,16,19H,7,9,11H2,1H3,(H,20,21). The zero-order valence-electron chi connectivity index (χ0n) is 12.1. The van der Waals surface area contributed by atoms with Gasteiger partial charge in [-0.15, -0.1) is 0 Å². The molecule has 0 bridgehead atoms. The smallest absolute Gasteiger partial charge is 0.253 e. The van der Waals surface area contributed by atoms with Gasteiger partial charge in [0.25, 0.3) is 5.91 Å². The summed E-state index contributed by atoms with van der Waals surface area (Å²) >= 11 is 0. The normalized spacial score (nSPS) is 17.1. The van der Waals surface area contributed by atoms with Gasteiger partial charge in [-0.05, 0) is 42.6 Å². The molecule has 21 heavy (non-hydrogen) atoms. The summed E-state index contributed by atoms with van der Waals surface area (Å²) in [4.78, 5) is 16.3. The van der Waals surface area contributed by atoms with Crippen LogP contribution in [0.4, 0.5) is 0 Å². The lowest BCUT2D eigenvalue weighted by Crippen LogP contribution is -2.39. The fraction of sp³-hybridized carbons (Fsp3) is 0.294. The van der Waals surface area contributed by atoms with Gasteiger partial charge >= 0.3 is 0 Å². The number of benzene rings is 1. The van der Waals surface area contributed by atoms with Crippen LogP contribution < -0.4 is 10.6 Å². The number of carbonyl (C=O) groups is 1. The van der Waals surface area contributed by atoms with E-state index in [1.54, 1.807) is 12.4 Å². The van der Waals surface area contributed by atoms with Crippen LogP contribution in [0.1, 0.15) is 33.1 Å². The molecule has 0 aliphatic carbocycles. The van der Waals surface area contributed by atoms with Crippen molar-refractivity contribution >= 4 is 5.91 Å². The Morgan fingerprint density at radius 3 is 3.10 bits per heavy atom. The Labute approximate surface area is 124 Å². The van der Waals surface area contributed by atoms with Crippen LogP contribution in [0.5, 0.6) is 0 Å². The van der Waals surface area contributed by atoms with Gasteiger partial charge in [0.05, 0.1) is 5.56 Å². The summed E-state index contributed by atoms with van der Waals surface area (Å²) in [5, 5.41) is 6.48. The van der Waals surface area contributed by atoms with E-state index in [1.165, 1.54) is 11.1 Å². The van der Waals surface area contributed by atoms with Gasteiger partial charge in [-0.1, -0.05) is 24.3 Å². The highest BCUT2D eigenvalue weighted by Gasteiger charge is 2.20. The molecule has 2 heterocycles. The van der Waals surface area contributed by atoms with Gasteiger partial charge in [0.1, 0.15) is 0 Å². The summed E-state index contributed by atoms with van der Waals surface area (Å²) in [6.07, 6.45) is 4.36. The van der Waals surface area contributed by atoms with Crippen LogP contribution in [-0.4, -0.2) is 24.0 Å². The Bertz CT molecular complexity index is 654. The maximum absolute atomic E-state index is 12.2. The molecule has 0 saturated carbocycles. The summed E-state index contributed by atoms with van der Waals surface area (Å²) in [6, 6.07) is 10.4. The van der Waals surface area contributed by atoms with Crippen LogP contribution in [-0.2, 0) is 6.42 Å². The van der Waals surface area contributed by atoms with Crippen molar-refractivity contribution in [2.45, 2.75) is 19.4 Å². The second-order valence-corrected chi connectivity index (χ2v) is 5.36. The maximum Gasteiger partial charge on any atom is 0.253 e. The van der Waals surface area contributed by atoms with Crippen molar-refractivity contribution in [2.24, 2.45) is 0 Å². The fourth-order valence-electron chi connectivity index (χ4n) is 2.77. The molecule has 3 rings (SSSR count). The van der Waals surface area contributed by atoms with Crippen molar-refractivity contribution in [1.82, 2.24) is 15.6 Å². The van der Waals surface area contributed by atoms with Gasteiger partial charge < -0.3 is 10.6 Å². The van der Waals surface area contributed by atoms with Crippen LogP contribution in [0.2, 0.25) is 0 Å². The highest BCUT2D eigenvalue weighted by molar-refractivity contribution is 5.95. The first-order valence-electron chi connectivity index (χ1n) is 7.25. The second-order valence-electron chi connectivity index (χ2n) is 5.36. The molecule has 1 atom stereocenters. The van der Waals surface area contributed by atoms with Gasteiger partial charge in [-0.2, -0.15) is 0 Å². The van der Waals surface area contributed by atoms with Crippen LogP contribution in [0.25, 0.3) is 0 Å². The molecule has 2 aromatic rings. The number of amides is 1. The predicted molar refractivity (Wildman–Crippen MR) is 82.2 cm³/mol. The fourth-order valence-corrected chi connectivity index (χ4v) is 2.77. The number of hydrogen-bond acceptors (Lipinski definition) is 3. The average molecular weight is 281 g/mol. The lowest BCUT2D eigenvalue weighted by Gasteiger charge is -2.27. The van der Waals surface area contributed by atoms with E-state index >= 15 is 0 Å². The van der Waals surface area contributed by atoms with Crippen molar-refractivity contribution in [3.05, 3.63) is 65.0 Å². The van der Waals surface area contributed by atoms with Gasteiger partial charge in [-0.3, -0.25) is 9.78 Å². The average Bonchev–Trinajstić information content (AvgIpc) is 2.53. The van der Waals surface area contributed by atoms with E-state index in [-0.39, 0.29) is 11.9 Å². The summed E-state index contributed by atoms with van der Waals surface area (Å²) in [7, 11) is 0. The number of rotatable bonds is 3. The Morgan fingerprint density at radius 1 is 1.38 bits per heavy atom. The van der Waals surface area contributed by atoms with E-state index in [9.17, 15) is 4.79 Å². The molecule has 1 aliphatic heterocycles. The first kappa shape index (κ1) is 13.8. The Hall–Kier alpha value is -2.20. The SMILES string of the molecule is Cc1ccncc1C(=O)NCC1NCCc2ccccc21. The number of fused-ring (bicyclic) bond motifs is 1.